The number of morpholine rings is 1. The standard InChI is InChI=1S/C23H31N5O3S2/c1-3-24-23(30)27(8-7-26-9-11-31-12-10-26)16-21(29)28-19(22-17(2)6-14-33-22)15-18(25-28)20-5-4-13-32-20/h4-6,13-14,19H,3,7-12,15-16H2,1-2H3,(H,24,30)/t19-/m1/s1. The molecule has 1 saturated heterocycles. The Balaban J connectivity index is 1.51. The van der Waals surface area contributed by atoms with Crippen molar-refractivity contribution in [1.82, 2.24) is 20.1 Å². The molecular weight excluding hydrogens is 458 g/mol. The van der Waals surface area contributed by atoms with Gasteiger partial charge >= 0.3 is 6.03 Å². The Morgan fingerprint density at radius 2 is 2.06 bits per heavy atom. The summed E-state index contributed by atoms with van der Waals surface area (Å²) in [5.74, 6) is -0.160. The van der Waals surface area contributed by atoms with Crippen LogP contribution in [0.15, 0.2) is 34.1 Å². The highest BCUT2D eigenvalue weighted by molar-refractivity contribution is 7.12. The molecule has 8 nitrogen and oxygen atoms in total. The Labute approximate surface area is 202 Å². The van der Waals surface area contributed by atoms with Crippen molar-refractivity contribution >= 4 is 40.3 Å². The number of urea groups is 1. The van der Waals surface area contributed by atoms with Gasteiger partial charge in [-0.3, -0.25) is 9.69 Å². The Bertz CT molecular complexity index is 969. The van der Waals surface area contributed by atoms with Crippen LogP contribution in [0.2, 0.25) is 0 Å². The number of hydrazone groups is 1. The molecule has 0 aromatic carbocycles. The molecule has 2 aliphatic rings. The van der Waals surface area contributed by atoms with Gasteiger partial charge in [0.15, 0.2) is 0 Å². The predicted molar refractivity (Wildman–Crippen MR) is 132 cm³/mol. The summed E-state index contributed by atoms with van der Waals surface area (Å²) in [4.78, 5) is 32.4. The second kappa shape index (κ2) is 11.2. The topological polar surface area (TPSA) is 77.5 Å². The zero-order valence-corrected chi connectivity index (χ0v) is 20.8. The van der Waals surface area contributed by atoms with Gasteiger partial charge < -0.3 is 15.0 Å². The maximum Gasteiger partial charge on any atom is 0.317 e. The monoisotopic (exact) mass is 489 g/mol. The lowest BCUT2D eigenvalue weighted by atomic mass is 10.1. The fourth-order valence-electron chi connectivity index (χ4n) is 4.10. The first-order valence-electron chi connectivity index (χ1n) is 11.4. The summed E-state index contributed by atoms with van der Waals surface area (Å²) in [5, 5.41) is 13.3. The van der Waals surface area contributed by atoms with Crippen molar-refractivity contribution in [2.45, 2.75) is 26.3 Å². The van der Waals surface area contributed by atoms with Crippen LogP contribution in [0.5, 0.6) is 0 Å². The number of nitrogens with zero attached hydrogens (tertiary/aromatic N) is 4. The molecule has 0 bridgehead atoms. The number of aryl methyl sites for hydroxylation is 1. The molecule has 0 unspecified atom stereocenters. The van der Waals surface area contributed by atoms with Crippen LogP contribution in [0, 0.1) is 6.92 Å². The lowest BCUT2D eigenvalue weighted by molar-refractivity contribution is -0.133. The second-order valence-electron chi connectivity index (χ2n) is 8.16. The first kappa shape index (κ1) is 23.9. The number of amides is 3. The number of ether oxygens (including phenoxy) is 1. The van der Waals surface area contributed by atoms with Crippen LogP contribution in [0.4, 0.5) is 4.79 Å². The molecule has 0 radical (unpaired) electrons. The van der Waals surface area contributed by atoms with Gasteiger partial charge in [0.05, 0.1) is 29.8 Å². The molecular formula is C23H31N5O3S2. The molecule has 1 atom stereocenters. The molecule has 178 valence electrons. The van der Waals surface area contributed by atoms with Crippen LogP contribution in [0.25, 0.3) is 0 Å². The third-order valence-electron chi connectivity index (χ3n) is 5.91. The Morgan fingerprint density at radius 1 is 1.24 bits per heavy atom. The van der Waals surface area contributed by atoms with Gasteiger partial charge in [0.1, 0.15) is 6.54 Å². The first-order valence-corrected chi connectivity index (χ1v) is 13.1. The van der Waals surface area contributed by atoms with Crippen molar-refractivity contribution in [3.05, 3.63) is 44.3 Å². The van der Waals surface area contributed by atoms with E-state index >= 15 is 0 Å². The highest BCUT2D eigenvalue weighted by Gasteiger charge is 2.36. The summed E-state index contributed by atoms with van der Waals surface area (Å²) < 4.78 is 5.41. The minimum Gasteiger partial charge on any atom is -0.379 e. The van der Waals surface area contributed by atoms with Gasteiger partial charge in [0, 0.05) is 44.0 Å². The van der Waals surface area contributed by atoms with Gasteiger partial charge in [0.2, 0.25) is 0 Å². The van der Waals surface area contributed by atoms with Crippen molar-refractivity contribution in [1.29, 1.82) is 0 Å². The first-order chi connectivity index (χ1) is 16.1. The van der Waals surface area contributed by atoms with Crippen LogP contribution in [-0.4, -0.2) is 84.9 Å². The lowest BCUT2D eigenvalue weighted by Gasteiger charge is -2.31. The lowest BCUT2D eigenvalue weighted by Crippen LogP contribution is -2.49. The van der Waals surface area contributed by atoms with E-state index in [9.17, 15) is 9.59 Å². The molecule has 2 aliphatic heterocycles. The van der Waals surface area contributed by atoms with Gasteiger partial charge in [-0.15, -0.1) is 22.7 Å². The van der Waals surface area contributed by atoms with E-state index in [-0.39, 0.29) is 24.5 Å². The van der Waals surface area contributed by atoms with Crippen molar-refractivity contribution < 1.29 is 14.3 Å². The third-order valence-corrected chi connectivity index (χ3v) is 7.95. The molecule has 0 aliphatic carbocycles. The molecule has 2 aromatic heterocycles. The highest BCUT2D eigenvalue weighted by Crippen LogP contribution is 2.37. The molecule has 1 fully saturated rings. The molecule has 4 heterocycles. The third kappa shape index (κ3) is 5.81. The van der Waals surface area contributed by atoms with E-state index in [0.717, 1.165) is 28.6 Å². The van der Waals surface area contributed by atoms with E-state index in [2.05, 4.69) is 28.6 Å². The smallest absolute Gasteiger partial charge is 0.317 e. The number of thiophene rings is 2. The van der Waals surface area contributed by atoms with Gasteiger partial charge in [-0.2, -0.15) is 5.10 Å². The Kier molecular flexibility index (Phi) is 8.13. The molecule has 0 saturated carbocycles. The summed E-state index contributed by atoms with van der Waals surface area (Å²) in [6.45, 7) is 8.76. The van der Waals surface area contributed by atoms with E-state index in [1.807, 2.05) is 24.4 Å². The fraction of sp³-hybridized carbons (Fsp3) is 0.522. The SMILES string of the molecule is CCNC(=O)N(CCN1CCOCC1)CC(=O)N1N=C(c2cccs2)C[C@@H]1c1sccc1C. The molecule has 1 N–H and O–H groups in total. The van der Waals surface area contributed by atoms with Crippen molar-refractivity contribution in [3.8, 4) is 0 Å². The summed E-state index contributed by atoms with van der Waals surface area (Å²) in [5.41, 5.74) is 2.09. The quantitative estimate of drug-likeness (QED) is 0.618. The Morgan fingerprint density at radius 3 is 2.73 bits per heavy atom. The van der Waals surface area contributed by atoms with E-state index in [4.69, 9.17) is 9.84 Å². The molecule has 2 aromatic rings. The zero-order valence-electron chi connectivity index (χ0n) is 19.2. The zero-order chi connectivity index (χ0) is 23.2. The van der Waals surface area contributed by atoms with Crippen LogP contribution in [0.3, 0.4) is 0 Å². The van der Waals surface area contributed by atoms with Crippen molar-refractivity contribution in [3.63, 3.8) is 0 Å². The summed E-state index contributed by atoms with van der Waals surface area (Å²) in [6, 6.07) is 5.77. The van der Waals surface area contributed by atoms with Crippen LogP contribution < -0.4 is 5.32 Å². The molecule has 3 amide bonds. The Hall–Kier alpha value is -2.27. The van der Waals surface area contributed by atoms with E-state index in [0.29, 0.717) is 39.3 Å². The van der Waals surface area contributed by atoms with Crippen molar-refractivity contribution in [2.24, 2.45) is 5.10 Å². The predicted octanol–water partition coefficient (Wildman–Crippen LogP) is 3.16. The number of nitrogens with one attached hydrogen (secondary N) is 1. The summed E-state index contributed by atoms with van der Waals surface area (Å²) >= 11 is 3.29. The average Bonchev–Trinajstić information content (AvgIpc) is 3.57. The highest BCUT2D eigenvalue weighted by atomic mass is 32.1. The van der Waals surface area contributed by atoms with Gasteiger partial charge in [-0.05, 0) is 42.3 Å². The molecule has 33 heavy (non-hydrogen) atoms. The van der Waals surface area contributed by atoms with E-state index < -0.39 is 0 Å². The second-order valence-corrected chi connectivity index (χ2v) is 10.1. The number of carbonyl (C=O) groups excluding carboxylic acids is 2. The van der Waals surface area contributed by atoms with Crippen LogP contribution in [0.1, 0.15) is 34.7 Å². The summed E-state index contributed by atoms with van der Waals surface area (Å²) in [6.07, 6.45) is 0.683. The largest absolute Gasteiger partial charge is 0.379 e. The summed E-state index contributed by atoms with van der Waals surface area (Å²) in [7, 11) is 0. The van der Waals surface area contributed by atoms with Gasteiger partial charge in [0.25, 0.3) is 5.91 Å². The molecule has 10 heteroatoms. The normalized spacial score (nSPS) is 18.9. The maximum atomic E-state index is 13.5. The molecule has 0 spiro atoms. The minimum absolute atomic E-state index is 0.00167. The fourth-order valence-corrected chi connectivity index (χ4v) is 5.83. The number of rotatable bonds is 8. The number of carbonyl (C=O) groups is 2. The van der Waals surface area contributed by atoms with Gasteiger partial charge in [-0.1, -0.05) is 6.07 Å². The van der Waals surface area contributed by atoms with Crippen LogP contribution >= 0.6 is 22.7 Å². The van der Waals surface area contributed by atoms with Crippen LogP contribution in [-0.2, 0) is 9.53 Å². The van der Waals surface area contributed by atoms with E-state index in [1.165, 1.54) is 5.56 Å². The average molecular weight is 490 g/mol. The number of hydrogen-bond donors (Lipinski definition) is 1. The van der Waals surface area contributed by atoms with Gasteiger partial charge in [-0.25, -0.2) is 9.80 Å². The van der Waals surface area contributed by atoms with Crippen molar-refractivity contribution in [2.75, 3.05) is 52.5 Å². The van der Waals surface area contributed by atoms with E-state index in [1.54, 1.807) is 32.6 Å². The molecule has 4 rings (SSSR count). The number of hydrogen-bond acceptors (Lipinski definition) is 7. The maximum absolute atomic E-state index is 13.5. The minimum atomic E-state index is -0.218.